The zero-order valence-electron chi connectivity index (χ0n) is 48.2. The summed E-state index contributed by atoms with van der Waals surface area (Å²) in [5.41, 5.74) is 13.1. The number of halogens is 3. The van der Waals surface area contributed by atoms with E-state index in [1.807, 2.05) is 88.4 Å². The van der Waals surface area contributed by atoms with Crippen molar-refractivity contribution in [3.63, 3.8) is 0 Å². The molecule has 18 nitrogen and oxygen atoms in total. The van der Waals surface area contributed by atoms with Gasteiger partial charge in [-0.05, 0) is 148 Å². The number of fused-ring (bicyclic) bond motifs is 3. The number of allylic oxidation sites excluding steroid dienone is 2. The molecule has 0 saturated heterocycles. The summed E-state index contributed by atoms with van der Waals surface area (Å²) in [7, 11) is 1.51. The van der Waals surface area contributed by atoms with Crippen LogP contribution in [0.5, 0.6) is 34.5 Å². The van der Waals surface area contributed by atoms with Crippen molar-refractivity contribution in [3.05, 3.63) is 218 Å². The third kappa shape index (κ3) is 19.6. The second-order valence-corrected chi connectivity index (χ2v) is 20.3. The van der Waals surface area contributed by atoms with Crippen LogP contribution in [-0.2, 0) is 34.2 Å². The van der Waals surface area contributed by atoms with Gasteiger partial charge in [-0.25, -0.2) is 16.4 Å². The molecule has 22 heteroatoms. The molecule has 0 spiro atoms. The van der Waals surface area contributed by atoms with Gasteiger partial charge in [0.1, 0.15) is 33.0 Å². The van der Waals surface area contributed by atoms with Crippen LogP contribution in [0.15, 0.2) is 183 Å². The molecule has 0 fully saturated rings. The molecule has 3 aromatic heterocycles. The Bertz CT molecular complexity index is 3740. The van der Waals surface area contributed by atoms with E-state index in [9.17, 15) is 14.4 Å². The molecule has 3 heterocycles. The van der Waals surface area contributed by atoms with E-state index in [1.54, 1.807) is 108 Å². The average molecular weight is 1240 g/mol. The smallest absolute Gasteiger partial charge is 0.490 e. The second-order valence-electron chi connectivity index (χ2n) is 19.0. The van der Waals surface area contributed by atoms with Gasteiger partial charge < -0.3 is 41.7 Å². The zero-order chi connectivity index (χ0) is 61.5. The van der Waals surface area contributed by atoms with Crippen molar-refractivity contribution in [2.45, 2.75) is 47.5 Å². The molecule has 87 heavy (non-hydrogen) atoms. The van der Waals surface area contributed by atoms with Crippen LogP contribution >= 0.6 is 34.8 Å². The quantitative estimate of drug-likeness (QED) is 0.0122. The van der Waals surface area contributed by atoms with Gasteiger partial charge in [0.2, 0.25) is 17.2 Å². The van der Waals surface area contributed by atoms with Crippen molar-refractivity contribution in [3.8, 4) is 34.5 Å². The van der Waals surface area contributed by atoms with Crippen LogP contribution in [0.4, 0.5) is 0 Å². The molecule has 0 atom stereocenters. The fourth-order valence-corrected chi connectivity index (χ4v) is 8.30. The molecule has 446 valence electrons. The number of nitrogens with one attached hydrogen (secondary N) is 3. The van der Waals surface area contributed by atoms with Gasteiger partial charge in [0.15, 0.2) is 34.0 Å². The summed E-state index contributed by atoms with van der Waals surface area (Å²) >= 11 is 17.8. The molecule has 0 aliphatic heterocycles. The van der Waals surface area contributed by atoms with Gasteiger partial charge in [-0.15, -0.1) is 0 Å². The van der Waals surface area contributed by atoms with Gasteiger partial charge >= 0.3 is 18.9 Å². The molecule has 0 unspecified atom stereocenters. The molecule has 3 amide bonds. The van der Waals surface area contributed by atoms with Gasteiger partial charge in [-0.3, -0.25) is 30.0 Å². The number of hydroxylamine groups is 3. The number of furan rings is 3. The molecule has 6 N–H and O–H groups in total. The number of ether oxygens (including phenoxy) is 6. The number of hydrogen-bond donors (Lipinski definition) is 6. The number of methoxy groups -OCH3 is 1. The first-order valence-corrected chi connectivity index (χ1v) is 27.4. The van der Waals surface area contributed by atoms with E-state index in [-0.39, 0.29) is 38.7 Å². The number of rotatable bonds is 22. The summed E-state index contributed by atoms with van der Waals surface area (Å²) in [6.07, 6.45) is 16.8. The predicted octanol–water partition coefficient (Wildman–Crippen LogP) is 12.3. The number of carbonyl (C=O) groups excluding carboxylic acids is 3. The van der Waals surface area contributed by atoms with E-state index in [0.717, 1.165) is 44.0 Å². The summed E-state index contributed by atoms with van der Waals surface area (Å²) in [5, 5.41) is 30.5. The first kappa shape index (κ1) is 67.3. The third-order valence-corrected chi connectivity index (χ3v) is 12.9. The van der Waals surface area contributed by atoms with Crippen LogP contribution < -0.4 is 63.7 Å². The average Bonchev–Trinajstić information content (AvgIpc) is 1.98. The molecule has 9 rings (SSSR count). The minimum Gasteiger partial charge on any atom is -0.490 e. The first-order chi connectivity index (χ1) is 41.6. The third-order valence-electron chi connectivity index (χ3n) is 12.1. The maximum atomic E-state index is 11.5. The molecule has 0 aliphatic rings. The zero-order valence-corrected chi connectivity index (χ0v) is 50.4. The standard InChI is InChI=1S/2C23H22ClNO5.C19H16ClNO5.Li/c2*1-15(2)9-11-29-23-21-18(10-12-28-21)13-17(5-8-20(26)25-27)22(23)30-14-16-3-6-19(24)7-4-16;1-24-19-17-14(8-9-25-17)10-13(4-7-16(22)21-23)18(19)26-11-12-2-5-15(20)6-3-12;/h2*3-10,12-13,27H,11,14H2,1-2H3,(H,25,26);2-10,23H,11H2,1H3,(H,21,22);/q;;;+1/b2*8-5+;7-4+;. The molecule has 6 aromatic carbocycles. The number of hydrogen-bond acceptors (Lipinski definition) is 15. The van der Waals surface area contributed by atoms with E-state index < -0.39 is 17.7 Å². The van der Waals surface area contributed by atoms with E-state index in [4.69, 9.17) is 92.1 Å². The fourth-order valence-electron chi connectivity index (χ4n) is 7.92. The first-order valence-electron chi connectivity index (χ1n) is 26.2. The van der Waals surface area contributed by atoms with Crippen molar-refractivity contribution in [2.24, 2.45) is 0 Å². The van der Waals surface area contributed by atoms with Crippen LogP contribution in [0.1, 0.15) is 61.1 Å². The fraction of sp³-hybridized carbons (Fsp3) is 0.154. The molecule has 0 radical (unpaired) electrons. The summed E-state index contributed by atoms with van der Waals surface area (Å²) in [4.78, 5) is 34.3. The van der Waals surface area contributed by atoms with Gasteiger partial charge in [0.25, 0.3) is 17.7 Å². The SMILES string of the molecule is CC(C)=CCOc1c(OCc2ccc(Cl)cc2)c(/C=C/C(=O)NO)cc2ccoc12.CC(C)=CCOc1c(OCc2ccc(Cl)cc2)c(/C=C/C(=O)NO)cc2ccoc12.COc1c(OCc2ccc(Cl)cc2)c(/C=C/C(=O)NO)cc2ccoc12.[Li+]. The Balaban J connectivity index is 0.000000208. The maximum absolute atomic E-state index is 11.5. The molecule has 0 saturated carbocycles. The molecular formula is C65H60Cl3LiN3O15+. The van der Waals surface area contributed by atoms with Crippen molar-refractivity contribution < 1.29 is 90.5 Å². The maximum Gasteiger partial charge on any atom is 1.00 e. The van der Waals surface area contributed by atoms with E-state index in [2.05, 4.69) is 0 Å². The largest absolute Gasteiger partial charge is 1.00 e. The van der Waals surface area contributed by atoms with Gasteiger partial charge in [0, 0.05) is 66.1 Å². The van der Waals surface area contributed by atoms with Crippen LogP contribution in [0.3, 0.4) is 0 Å². The summed E-state index contributed by atoms with van der Waals surface area (Å²) in [6, 6.07) is 32.7. The van der Waals surface area contributed by atoms with Crippen molar-refractivity contribution in [2.75, 3.05) is 20.3 Å². The Kier molecular flexibility index (Phi) is 26.1. The minimum absolute atomic E-state index is 0. The second kappa shape index (κ2) is 33.8. The predicted molar refractivity (Wildman–Crippen MR) is 329 cm³/mol. The Hall–Kier alpha value is -8.80. The number of amides is 3. The Morgan fingerprint density at radius 2 is 0.724 bits per heavy atom. The van der Waals surface area contributed by atoms with E-state index in [1.165, 1.54) is 31.4 Å². The topological polar surface area (TPSA) is 243 Å². The van der Waals surface area contributed by atoms with Gasteiger partial charge in [0.05, 0.1) is 25.9 Å². The number of benzene rings is 6. The van der Waals surface area contributed by atoms with Crippen LogP contribution in [0.25, 0.3) is 51.1 Å². The molecule has 0 aliphatic carbocycles. The number of carbonyl (C=O) groups is 3. The van der Waals surface area contributed by atoms with Crippen molar-refractivity contribution >= 4 is 104 Å². The monoisotopic (exact) mass is 1230 g/mol. The van der Waals surface area contributed by atoms with Crippen LogP contribution in [0, 0.1) is 0 Å². The molecule has 0 bridgehead atoms. The molecular weight excluding hydrogens is 1180 g/mol. The molecule has 9 aromatic rings. The Morgan fingerprint density at radius 3 is 1.00 bits per heavy atom. The van der Waals surface area contributed by atoms with Crippen molar-refractivity contribution in [1.29, 1.82) is 0 Å². The Morgan fingerprint density at radius 1 is 0.437 bits per heavy atom. The summed E-state index contributed by atoms with van der Waals surface area (Å²) in [5.74, 6) is 0.613. The van der Waals surface area contributed by atoms with Gasteiger partial charge in [-0.2, -0.15) is 0 Å². The van der Waals surface area contributed by atoms with E-state index in [0.29, 0.717) is 96.2 Å². The van der Waals surface area contributed by atoms with E-state index >= 15 is 0 Å². The van der Waals surface area contributed by atoms with Crippen molar-refractivity contribution in [1.82, 2.24) is 16.4 Å². The normalized spacial score (nSPS) is 10.8. The van der Waals surface area contributed by atoms with Crippen LogP contribution in [-0.4, -0.2) is 53.7 Å². The summed E-state index contributed by atoms with van der Waals surface area (Å²) < 4.78 is 52.4. The minimum atomic E-state index is -0.655. The summed E-state index contributed by atoms with van der Waals surface area (Å²) in [6.45, 7) is 9.39. The van der Waals surface area contributed by atoms with Crippen LogP contribution in [0.2, 0.25) is 15.1 Å². The Labute approximate surface area is 527 Å². The van der Waals surface area contributed by atoms with Gasteiger partial charge in [-0.1, -0.05) is 82.3 Å².